The SMILES string of the molecule is CC(C)CC(N)C(=O)NC(CS)C(=O)NC(CCCCN)C(=O)NC(CS)C(=O)O. The van der Waals surface area contributed by atoms with Gasteiger partial charge in [0.15, 0.2) is 0 Å². The minimum Gasteiger partial charge on any atom is -0.480 e. The van der Waals surface area contributed by atoms with Gasteiger partial charge in [0, 0.05) is 11.5 Å². The van der Waals surface area contributed by atoms with Crippen molar-refractivity contribution in [1.29, 1.82) is 0 Å². The third-order valence-corrected chi connectivity index (χ3v) is 4.99. The molecule has 3 amide bonds. The summed E-state index contributed by atoms with van der Waals surface area (Å²) in [5, 5.41) is 16.6. The molecule has 10 nitrogen and oxygen atoms in total. The van der Waals surface area contributed by atoms with Crippen LogP contribution >= 0.6 is 25.3 Å². The number of hydrogen-bond acceptors (Lipinski definition) is 8. The number of carboxylic acids is 1. The third kappa shape index (κ3) is 11.0. The molecule has 0 bridgehead atoms. The van der Waals surface area contributed by atoms with Crippen molar-refractivity contribution >= 4 is 48.9 Å². The van der Waals surface area contributed by atoms with Gasteiger partial charge in [-0.2, -0.15) is 25.3 Å². The number of hydrogen-bond donors (Lipinski definition) is 8. The first kappa shape index (κ1) is 28.5. The zero-order valence-corrected chi connectivity index (χ0v) is 19.3. The first-order valence-corrected chi connectivity index (χ1v) is 11.1. The summed E-state index contributed by atoms with van der Waals surface area (Å²) in [5.41, 5.74) is 11.3. The van der Waals surface area contributed by atoms with Crippen molar-refractivity contribution < 1.29 is 24.3 Å². The molecule has 174 valence electrons. The fraction of sp³-hybridized carbons (Fsp3) is 0.778. The summed E-state index contributed by atoms with van der Waals surface area (Å²) >= 11 is 8.02. The Morgan fingerprint density at radius 1 is 0.867 bits per heavy atom. The van der Waals surface area contributed by atoms with Crippen molar-refractivity contribution in [2.24, 2.45) is 17.4 Å². The molecular weight excluding hydrogens is 430 g/mol. The van der Waals surface area contributed by atoms with Gasteiger partial charge in [0.05, 0.1) is 6.04 Å². The Morgan fingerprint density at radius 2 is 1.37 bits per heavy atom. The molecule has 4 atom stereocenters. The van der Waals surface area contributed by atoms with E-state index < -0.39 is 47.9 Å². The highest BCUT2D eigenvalue weighted by atomic mass is 32.1. The second kappa shape index (κ2) is 15.3. The lowest BCUT2D eigenvalue weighted by atomic mass is 10.0. The van der Waals surface area contributed by atoms with E-state index in [1.807, 2.05) is 13.8 Å². The number of carbonyl (C=O) groups is 4. The summed E-state index contributed by atoms with van der Waals surface area (Å²) in [4.78, 5) is 48.5. The normalized spacial score (nSPS) is 15.0. The van der Waals surface area contributed by atoms with Crippen LogP contribution in [0.15, 0.2) is 0 Å². The molecule has 0 heterocycles. The number of carboxylic acid groups (broad SMARTS) is 1. The Hall–Kier alpha value is -1.50. The summed E-state index contributed by atoms with van der Waals surface area (Å²) in [6, 6.07) is -3.95. The molecule has 12 heteroatoms. The Bertz CT molecular complexity index is 579. The summed E-state index contributed by atoms with van der Waals surface area (Å²) in [7, 11) is 0. The van der Waals surface area contributed by atoms with Crippen LogP contribution in [-0.2, 0) is 19.2 Å². The Kier molecular flexibility index (Phi) is 14.6. The van der Waals surface area contributed by atoms with Gasteiger partial charge in [-0.3, -0.25) is 14.4 Å². The second-order valence-corrected chi connectivity index (χ2v) is 8.14. The molecule has 0 aromatic heterocycles. The number of nitrogens with one attached hydrogen (secondary N) is 3. The molecule has 0 fully saturated rings. The quantitative estimate of drug-likeness (QED) is 0.112. The van der Waals surface area contributed by atoms with E-state index in [4.69, 9.17) is 16.6 Å². The summed E-state index contributed by atoms with van der Waals surface area (Å²) < 4.78 is 0. The number of amides is 3. The third-order valence-electron chi connectivity index (χ3n) is 4.25. The fourth-order valence-electron chi connectivity index (χ4n) is 2.58. The van der Waals surface area contributed by atoms with Gasteiger partial charge >= 0.3 is 5.97 Å². The van der Waals surface area contributed by atoms with Gasteiger partial charge in [-0.15, -0.1) is 0 Å². The number of thiol groups is 2. The molecule has 0 saturated carbocycles. The van der Waals surface area contributed by atoms with Crippen LogP contribution in [0.2, 0.25) is 0 Å². The van der Waals surface area contributed by atoms with E-state index in [1.165, 1.54) is 0 Å². The average molecular weight is 466 g/mol. The highest BCUT2D eigenvalue weighted by Crippen LogP contribution is 2.05. The van der Waals surface area contributed by atoms with Crippen LogP contribution in [0.1, 0.15) is 39.5 Å². The van der Waals surface area contributed by atoms with Gasteiger partial charge in [0.25, 0.3) is 0 Å². The number of rotatable bonds is 15. The smallest absolute Gasteiger partial charge is 0.327 e. The lowest BCUT2D eigenvalue weighted by molar-refractivity contribution is -0.141. The van der Waals surface area contributed by atoms with Crippen LogP contribution in [0.5, 0.6) is 0 Å². The van der Waals surface area contributed by atoms with Crippen LogP contribution in [-0.4, -0.2) is 71.0 Å². The molecule has 0 radical (unpaired) electrons. The van der Waals surface area contributed by atoms with Crippen LogP contribution in [0.3, 0.4) is 0 Å². The maximum Gasteiger partial charge on any atom is 0.327 e. The second-order valence-electron chi connectivity index (χ2n) is 7.41. The Morgan fingerprint density at radius 3 is 1.83 bits per heavy atom. The van der Waals surface area contributed by atoms with Crippen LogP contribution in [0.25, 0.3) is 0 Å². The van der Waals surface area contributed by atoms with Gasteiger partial charge in [-0.05, 0) is 38.1 Å². The van der Waals surface area contributed by atoms with Crippen molar-refractivity contribution in [3.8, 4) is 0 Å². The van der Waals surface area contributed by atoms with Crippen LogP contribution in [0.4, 0.5) is 0 Å². The highest BCUT2D eigenvalue weighted by molar-refractivity contribution is 7.80. The Labute approximate surface area is 188 Å². The Balaban J connectivity index is 5.14. The molecule has 0 spiro atoms. The van der Waals surface area contributed by atoms with E-state index in [-0.39, 0.29) is 23.8 Å². The van der Waals surface area contributed by atoms with E-state index in [2.05, 4.69) is 41.2 Å². The average Bonchev–Trinajstić information content (AvgIpc) is 2.68. The minimum atomic E-state index is -1.23. The van der Waals surface area contributed by atoms with E-state index in [1.54, 1.807) is 0 Å². The summed E-state index contributed by atoms with van der Waals surface area (Å²) in [6.07, 6.45) is 1.89. The van der Waals surface area contributed by atoms with Gasteiger partial charge in [0.2, 0.25) is 17.7 Å². The number of aliphatic carboxylic acids is 1. The fourth-order valence-corrected chi connectivity index (χ4v) is 3.08. The zero-order valence-electron chi connectivity index (χ0n) is 17.5. The van der Waals surface area contributed by atoms with Crippen molar-refractivity contribution in [3.05, 3.63) is 0 Å². The van der Waals surface area contributed by atoms with Gasteiger partial charge < -0.3 is 32.5 Å². The monoisotopic (exact) mass is 465 g/mol. The highest BCUT2D eigenvalue weighted by Gasteiger charge is 2.29. The predicted octanol–water partition coefficient (Wildman–Crippen LogP) is -1.11. The van der Waals surface area contributed by atoms with Gasteiger partial charge in [-0.25, -0.2) is 4.79 Å². The molecule has 0 saturated heterocycles. The zero-order chi connectivity index (χ0) is 23.3. The topological polar surface area (TPSA) is 177 Å². The molecule has 0 aliphatic carbocycles. The number of nitrogens with two attached hydrogens (primary N) is 2. The molecule has 30 heavy (non-hydrogen) atoms. The van der Waals surface area contributed by atoms with Crippen molar-refractivity contribution in [2.75, 3.05) is 18.1 Å². The molecule has 0 rings (SSSR count). The largest absolute Gasteiger partial charge is 0.480 e. The predicted molar refractivity (Wildman–Crippen MR) is 121 cm³/mol. The molecule has 4 unspecified atom stereocenters. The van der Waals surface area contributed by atoms with Gasteiger partial charge in [-0.1, -0.05) is 13.8 Å². The van der Waals surface area contributed by atoms with Crippen molar-refractivity contribution in [3.63, 3.8) is 0 Å². The lowest BCUT2D eigenvalue weighted by Gasteiger charge is -2.24. The molecule has 0 aromatic carbocycles. The molecule has 0 aromatic rings. The van der Waals surface area contributed by atoms with E-state index in [9.17, 15) is 19.2 Å². The molecule has 0 aliphatic rings. The molecule has 0 aliphatic heterocycles. The van der Waals surface area contributed by atoms with Crippen LogP contribution < -0.4 is 27.4 Å². The maximum atomic E-state index is 12.6. The summed E-state index contributed by atoms with van der Waals surface area (Å²) in [6.45, 7) is 4.27. The van der Waals surface area contributed by atoms with Gasteiger partial charge in [0.1, 0.15) is 18.1 Å². The first-order valence-electron chi connectivity index (χ1n) is 9.88. The summed E-state index contributed by atoms with van der Waals surface area (Å²) in [5.74, 6) is -2.87. The number of unbranched alkanes of at least 4 members (excludes halogenated alkanes) is 1. The van der Waals surface area contributed by atoms with E-state index in [0.717, 1.165) is 0 Å². The maximum absolute atomic E-state index is 12.6. The minimum absolute atomic E-state index is 0.00248. The van der Waals surface area contributed by atoms with E-state index in [0.29, 0.717) is 25.8 Å². The van der Waals surface area contributed by atoms with Crippen molar-refractivity contribution in [2.45, 2.75) is 63.7 Å². The van der Waals surface area contributed by atoms with Crippen LogP contribution in [0, 0.1) is 5.92 Å². The number of carbonyl (C=O) groups excluding carboxylic acids is 3. The molecular formula is C18H35N5O5S2. The van der Waals surface area contributed by atoms with Crippen molar-refractivity contribution in [1.82, 2.24) is 16.0 Å². The lowest BCUT2D eigenvalue weighted by Crippen LogP contribution is -2.57. The first-order chi connectivity index (χ1) is 14.1. The van der Waals surface area contributed by atoms with E-state index >= 15 is 0 Å². The standard InChI is InChI=1S/C18H35N5O5S2/c1-10(2)7-11(20)15(24)22-13(8-29)17(26)21-12(5-3-4-6-19)16(25)23-14(9-30)18(27)28/h10-14,29-30H,3-9,19-20H2,1-2H3,(H,21,26)(H,22,24)(H,23,25)(H,27,28). The molecule has 8 N–H and O–H groups in total.